The van der Waals surface area contributed by atoms with E-state index in [1.165, 1.54) is 10.6 Å². The lowest BCUT2D eigenvalue weighted by atomic mass is 9.81. The van der Waals surface area contributed by atoms with Gasteiger partial charge in [-0.15, -0.1) is 0 Å². The summed E-state index contributed by atoms with van der Waals surface area (Å²) >= 11 is 0. The maximum absolute atomic E-state index is 15.0. The fourth-order valence-electron chi connectivity index (χ4n) is 6.20. The largest absolute Gasteiger partial charge is 0.466 e. The molecule has 2 aromatic heterocycles. The summed E-state index contributed by atoms with van der Waals surface area (Å²) in [4.78, 5) is 54.4. The number of carbonyl (C=O) groups is 3. The van der Waals surface area contributed by atoms with E-state index in [2.05, 4.69) is 10.1 Å². The number of carbonyl (C=O) groups excluding carboxylic acids is 3. The van der Waals surface area contributed by atoms with E-state index < -0.39 is 40.9 Å². The van der Waals surface area contributed by atoms with E-state index in [0.29, 0.717) is 51.8 Å². The van der Waals surface area contributed by atoms with E-state index in [1.54, 1.807) is 19.9 Å². The Hall–Kier alpha value is -4.16. The molecule has 1 aliphatic carbocycles. The number of halogens is 1. The first kappa shape index (κ1) is 26.1. The van der Waals surface area contributed by atoms with Gasteiger partial charge in [0.2, 0.25) is 5.91 Å². The number of aromatic nitrogens is 2. The molecule has 1 amide bonds. The van der Waals surface area contributed by atoms with Crippen molar-refractivity contribution in [3.8, 4) is 11.4 Å². The van der Waals surface area contributed by atoms with Gasteiger partial charge in [0.1, 0.15) is 25.1 Å². The van der Waals surface area contributed by atoms with Gasteiger partial charge in [-0.2, -0.15) is 0 Å². The van der Waals surface area contributed by atoms with Crippen molar-refractivity contribution in [3.63, 3.8) is 0 Å². The molecule has 12 heteroatoms. The number of nitrogens with two attached hydrogens (primary N) is 1. The van der Waals surface area contributed by atoms with E-state index in [1.807, 2.05) is 0 Å². The van der Waals surface area contributed by atoms with Gasteiger partial charge >= 0.3 is 5.97 Å². The van der Waals surface area contributed by atoms with Crippen LogP contribution in [0.4, 0.5) is 4.39 Å². The molecule has 0 spiro atoms. The predicted molar refractivity (Wildman–Crippen MR) is 138 cm³/mol. The number of ether oxygens (including phenoxy) is 2. The average Bonchev–Trinajstić information content (AvgIpc) is 3.31. The van der Waals surface area contributed by atoms with Crippen LogP contribution < -0.4 is 16.6 Å². The third-order valence-corrected chi connectivity index (χ3v) is 8.38. The lowest BCUT2D eigenvalue weighted by molar-refractivity contribution is -0.172. The smallest absolute Gasteiger partial charge is 0.343 e. The van der Waals surface area contributed by atoms with E-state index in [4.69, 9.17) is 15.5 Å². The fraction of sp³-hybridized carbons (Fsp3) is 0.393. The summed E-state index contributed by atoms with van der Waals surface area (Å²) in [5.74, 6) is -1.77. The summed E-state index contributed by atoms with van der Waals surface area (Å²) in [6.45, 7) is 3.10. The number of amides is 1. The van der Waals surface area contributed by atoms with Crippen molar-refractivity contribution in [3.05, 3.63) is 61.7 Å². The molecule has 0 bridgehead atoms. The first-order valence-electron chi connectivity index (χ1n) is 13.0. The minimum absolute atomic E-state index is 0.00100. The highest BCUT2D eigenvalue weighted by atomic mass is 19.1. The number of benzene rings is 1. The standard InChI is InChI=1S/C28H27FN4O7/c1-3-28(38)16-6-21-24-14(8-33(21)26(36)15(16)9-40-27(28)37)23-19(32-25(35)18(30)10-39-11-34)5-4-13-12(2)17(29)7-20(31-24)22(13)23/h6-7,11,18-19,38H,3-5,8-10,30H2,1-2H3,(H,32,35)/t18-,19-,28-/m0/s1. The molecule has 40 heavy (non-hydrogen) atoms. The van der Waals surface area contributed by atoms with Gasteiger partial charge in [0.05, 0.1) is 35.1 Å². The van der Waals surface area contributed by atoms with Crippen LogP contribution in [0.5, 0.6) is 0 Å². The van der Waals surface area contributed by atoms with Gasteiger partial charge in [0.15, 0.2) is 5.60 Å². The number of aryl methyl sites for hydroxylation is 1. The Morgan fingerprint density at radius 1 is 1.38 bits per heavy atom. The van der Waals surface area contributed by atoms with Crippen LogP contribution in [0.15, 0.2) is 16.9 Å². The summed E-state index contributed by atoms with van der Waals surface area (Å²) < 4.78 is 26.3. The predicted octanol–water partition coefficient (Wildman–Crippen LogP) is 1.13. The van der Waals surface area contributed by atoms with Crippen LogP contribution in [0.25, 0.3) is 22.3 Å². The van der Waals surface area contributed by atoms with Crippen molar-refractivity contribution < 1.29 is 33.4 Å². The quantitative estimate of drug-likeness (QED) is 0.236. The Labute approximate surface area is 227 Å². The van der Waals surface area contributed by atoms with E-state index >= 15 is 4.39 Å². The van der Waals surface area contributed by atoms with Crippen LogP contribution in [-0.2, 0) is 49.0 Å². The van der Waals surface area contributed by atoms with E-state index in [0.717, 1.165) is 5.56 Å². The molecule has 3 aliphatic rings. The van der Waals surface area contributed by atoms with Gasteiger partial charge in [-0.05, 0) is 48.9 Å². The second-order valence-electron chi connectivity index (χ2n) is 10.4. The van der Waals surface area contributed by atoms with Gasteiger partial charge < -0.3 is 30.2 Å². The van der Waals surface area contributed by atoms with Crippen molar-refractivity contribution in [1.82, 2.24) is 14.9 Å². The SMILES string of the molecule is CC[C@@]1(O)C(=O)OCc2c1cc1n(c2=O)Cc2c-1nc1cc(F)c(C)c3c1c2[C@@H](NC(=O)[C@@H](N)COC=O)CC3. The Morgan fingerprint density at radius 2 is 2.15 bits per heavy atom. The van der Waals surface area contributed by atoms with Gasteiger partial charge in [0, 0.05) is 22.6 Å². The zero-order valence-electron chi connectivity index (χ0n) is 21.9. The maximum Gasteiger partial charge on any atom is 0.343 e. The van der Waals surface area contributed by atoms with Crippen LogP contribution in [0.3, 0.4) is 0 Å². The summed E-state index contributed by atoms with van der Waals surface area (Å²) in [6, 6.07) is 1.29. The average molecular weight is 551 g/mol. The number of esters is 1. The molecule has 0 radical (unpaired) electrons. The summed E-state index contributed by atoms with van der Waals surface area (Å²) in [6.07, 6.45) is 0.916. The lowest BCUT2D eigenvalue weighted by Gasteiger charge is -2.31. The van der Waals surface area contributed by atoms with Crippen molar-refractivity contribution in [2.45, 2.75) is 63.9 Å². The number of hydrogen-bond donors (Lipinski definition) is 3. The van der Waals surface area contributed by atoms with Crippen LogP contribution in [0, 0.1) is 12.7 Å². The van der Waals surface area contributed by atoms with E-state index in [-0.39, 0.29) is 43.8 Å². The van der Waals surface area contributed by atoms with Gasteiger partial charge in [-0.25, -0.2) is 14.2 Å². The normalized spacial score (nSPS) is 21.2. The number of fused-ring (bicyclic) bond motifs is 5. The molecule has 0 saturated carbocycles. The second-order valence-corrected chi connectivity index (χ2v) is 10.4. The molecule has 4 N–H and O–H groups in total. The topological polar surface area (TPSA) is 163 Å². The monoisotopic (exact) mass is 550 g/mol. The summed E-state index contributed by atoms with van der Waals surface area (Å²) in [5.41, 5.74) is 7.67. The number of cyclic esters (lactones) is 1. The molecule has 3 atom stereocenters. The molecule has 1 aromatic carbocycles. The second kappa shape index (κ2) is 9.20. The first-order valence-corrected chi connectivity index (χ1v) is 13.0. The number of rotatable bonds is 6. The minimum atomic E-state index is -1.98. The van der Waals surface area contributed by atoms with Crippen LogP contribution in [-0.4, -0.2) is 45.7 Å². The number of nitrogens with one attached hydrogen (secondary N) is 1. The lowest BCUT2D eigenvalue weighted by Crippen LogP contribution is -2.45. The fourth-order valence-corrected chi connectivity index (χ4v) is 6.20. The van der Waals surface area contributed by atoms with Crippen molar-refractivity contribution in [2.24, 2.45) is 5.73 Å². The summed E-state index contributed by atoms with van der Waals surface area (Å²) in [7, 11) is 0. The van der Waals surface area contributed by atoms with Crippen molar-refractivity contribution in [1.29, 1.82) is 0 Å². The Morgan fingerprint density at radius 3 is 2.88 bits per heavy atom. The first-order chi connectivity index (χ1) is 19.1. The zero-order valence-corrected chi connectivity index (χ0v) is 21.9. The van der Waals surface area contributed by atoms with Crippen LogP contribution in [0.1, 0.15) is 59.2 Å². The Kier molecular flexibility index (Phi) is 6.00. The number of hydrogen-bond acceptors (Lipinski definition) is 9. The third kappa shape index (κ3) is 3.59. The zero-order chi connectivity index (χ0) is 28.5. The van der Waals surface area contributed by atoms with Gasteiger partial charge in [-0.3, -0.25) is 14.4 Å². The molecule has 11 nitrogen and oxygen atoms in total. The van der Waals surface area contributed by atoms with Crippen molar-refractivity contribution in [2.75, 3.05) is 6.61 Å². The molecule has 0 unspecified atom stereocenters. The molecule has 6 rings (SSSR count). The maximum atomic E-state index is 15.0. The van der Waals surface area contributed by atoms with Gasteiger partial charge in [0.25, 0.3) is 12.0 Å². The summed E-state index contributed by atoms with van der Waals surface area (Å²) in [5, 5.41) is 14.8. The van der Waals surface area contributed by atoms with Crippen LogP contribution in [0.2, 0.25) is 0 Å². The highest BCUT2D eigenvalue weighted by molar-refractivity contribution is 5.94. The number of pyridine rings is 2. The third-order valence-electron chi connectivity index (χ3n) is 8.38. The molecule has 4 heterocycles. The Bertz CT molecular complexity index is 1700. The van der Waals surface area contributed by atoms with E-state index in [9.17, 15) is 24.3 Å². The molecule has 3 aromatic rings. The highest BCUT2D eigenvalue weighted by Crippen LogP contribution is 2.45. The number of aliphatic hydroxyl groups is 1. The molecule has 0 saturated heterocycles. The van der Waals surface area contributed by atoms with Crippen molar-refractivity contribution >= 4 is 29.3 Å². The van der Waals surface area contributed by atoms with Crippen LogP contribution >= 0.6 is 0 Å². The highest BCUT2D eigenvalue weighted by Gasteiger charge is 2.46. The Balaban J connectivity index is 1.57. The molecule has 208 valence electrons. The molecular weight excluding hydrogens is 523 g/mol. The minimum Gasteiger partial charge on any atom is -0.466 e. The molecule has 0 fully saturated rings. The molecular formula is C28H27FN4O7. The molecule has 2 aliphatic heterocycles. The number of nitrogens with zero attached hydrogens (tertiary/aromatic N) is 2. The van der Waals surface area contributed by atoms with Gasteiger partial charge in [-0.1, -0.05) is 6.92 Å².